The summed E-state index contributed by atoms with van der Waals surface area (Å²) >= 11 is 2.98. The Hall–Kier alpha value is -0.480. The van der Waals surface area contributed by atoms with Crippen LogP contribution in [0.2, 0.25) is 0 Å². The Morgan fingerprint density at radius 1 is 1.12 bits per heavy atom. The first-order valence-corrected chi connectivity index (χ1v) is 7.74. The lowest BCUT2D eigenvalue weighted by Gasteiger charge is -2.21. The van der Waals surface area contributed by atoms with Crippen molar-refractivity contribution in [3.63, 3.8) is 0 Å². The molecule has 1 fully saturated rings. The summed E-state index contributed by atoms with van der Waals surface area (Å²) in [6.07, 6.45) is 5.36. The van der Waals surface area contributed by atoms with Gasteiger partial charge in [-0.3, -0.25) is 9.59 Å². The third-order valence-electron chi connectivity index (χ3n) is 3.18. The van der Waals surface area contributed by atoms with Crippen LogP contribution in [-0.2, 0) is 9.59 Å². The van der Waals surface area contributed by atoms with E-state index in [4.69, 9.17) is 0 Å². The number of carbonyl (C=O) groups excluding carboxylic acids is 2. The SMILES string of the molecule is CC(=O)C(C(=O)C1CCCCC1)=C1SC=CS1. The number of hydrogen-bond donors (Lipinski definition) is 0. The van der Waals surface area contributed by atoms with Gasteiger partial charge in [0, 0.05) is 5.92 Å². The van der Waals surface area contributed by atoms with Gasteiger partial charge in [0.15, 0.2) is 11.6 Å². The Bertz CT molecular complexity index is 380. The average molecular weight is 268 g/mol. The number of thioether (sulfide) groups is 2. The van der Waals surface area contributed by atoms with E-state index in [-0.39, 0.29) is 17.5 Å². The van der Waals surface area contributed by atoms with Crippen LogP contribution in [0.25, 0.3) is 0 Å². The van der Waals surface area contributed by atoms with Crippen LogP contribution in [0.5, 0.6) is 0 Å². The minimum Gasteiger partial charge on any atom is -0.294 e. The maximum absolute atomic E-state index is 12.4. The third kappa shape index (κ3) is 3.05. The number of allylic oxidation sites excluding steroid dienone is 1. The van der Waals surface area contributed by atoms with Gasteiger partial charge in [0.2, 0.25) is 0 Å². The molecular weight excluding hydrogens is 252 g/mol. The van der Waals surface area contributed by atoms with Crippen LogP contribution in [0.1, 0.15) is 39.0 Å². The summed E-state index contributed by atoms with van der Waals surface area (Å²) in [5.74, 6) is 0.0760. The highest BCUT2D eigenvalue weighted by atomic mass is 32.2. The van der Waals surface area contributed by atoms with Crippen molar-refractivity contribution in [3.8, 4) is 0 Å². The lowest BCUT2D eigenvalue weighted by molar-refractivity contribution is -0.123. The van der Waals surface area contributed by atoms with E-state index in [9.17, 15) is 9.59 Å². The molecule has 1 aliphatic carbocycles. The number of carbonyl (C=O) groups is 2. The summed E-state index contributed by atoms with van der Waals surface area (Å²) in [5.41, 5.74) is 0.442. The second-order valence-electron chi connectivity index (χ2n) is 4.43. The molecule has 92 valence electrons. The van der Waals surface area contributed by atoms with Crippen molar-refractivity contribution >= 4 is 35.1 Å². The number of ketones is 2. The minimum absolute atomic E-state index is 0.0795. The molecule has 1 heterocycles. The van der Waals surface area contributed by atoms with Crippen LogP contribution in [0.4, 0.5) is 0 Å². The lowest BCUT2D eigenvalue weighted by atomic mass is 9.83. The molecule has 0 saturated heterocycles. The van der Waals surface area contributed by atoms with Crippen molar-refractivity contribution in [2.45, 2.75) is 39.0 Å². The Labute approximate surface area is 110 Å². The summed E-state index contributed by atoms with van der Waals surface area (Å²) < 4.78 is 0.869. The van der Waals surface area contributed by atoms with Crippen molar-refractivity contribution in [1.82, 2.24) is 0 Å². The van der Waals surface area contributed by atoms with Crippen molar-refractivity contribution in [3.05, 3.63) is 20.6 Å². The molecule has 1 aliphatic heterocycles. The molecule has 0 radical (unpaired) electrons. The van der Waals surface area contributed by atoms with E-state index >= 15 is 0 Å². The number of rotatable bonds is 3. The molecule has 4 heteroatoms. The summed E-state index contributed by atoms with van der Waals surface area (Å²) in [6, 6.07) is 0. The van der Waals surface area contributed by atoms with Gasteiger partial charge in [-0.2, -0.15) is 0 Å². The zero-order chi connectivity index (χ0) is 12.3. The van der Waals surface area contributed by atoms with Gasteiger partial charge in [0.1, 0.15) is 0 Å². The largest absolute Gasteiger partial charge is 0.294 e. The van der Waals surface area contributed by atoms with E-state index in [2.05, 4.69) is 0 Å². The van der Waals surface area contributed by atoms with E-state index in [1.807, 2.05) is 10.8 Å². The smallest absolute Gasteiger partial charge is 0.171 e. The maximum atomic E-state index is 12.4. The molecule has 0 atom stereocenters. The molecule has 2 aliphatic rings. The molecule has 0 amide bonds. The molecule has 1 saturated carbocycles. The summed E-state index contributed by atoms with van der Waals surface area (Å²) in [5, 5.41) is 3.86. The molecule has 0 N–H and O–H groups in total. The average Bonchev–Trinajstić information content (AvgIpc) is 2.83. The zero-order valence-corrected chi connectivity index (χ0v) is 11.5. The summed E-state index contributed by atoms with van der Waals surface area (Å²) in [4.78, 5) is 24.1. The minimum atomic E-state index is -0.0840. The Morgan fingerprint density at radius 3 is 2.24 bits per heavy atom. The molecule has 2 rings (SSSR count). The molecule has 0 spiro atoms. The van der Waals surface area contributed by atoms with Gasteiger partial charge in [0.05, 0.1) is 9.81 Å². The Balaban J connectivity index is 2.19. The fraction of sp³-hybridized carbons (Fsp3) is 0.538. The van der Waals surface area contributed by atoms with E-state index in [1.54, 1.807) is 0 Å². The molecule has 2 nitrogen and oxygen atoms in total. The highest BCUT2D eigenvalue weighted by molar-refractivity contribution is 8.27. The highest BCUT2D eigenvalue weighted by Crippen LogP contribution is 2.41. The van der Waals surface area contributed by atoms with Gasteiger partial charge >= 0.3 is 0 Å². The van der Waals surface area contributed by atoms with Crippen LogP contribution in [0.3, 0.4) is 0 Å². The molecule has 0 bridgehead atoms. The molecule has 0 aromatic heterocycles. The molecular formula is C13H16O2S2. The van der Waals surface area contributed by atoms with Crippen molar-refractivity contribution in [2.75, 3.05) is 0 Å². The monoisotopic (exact) mass is 268 g/mol. The van der Waals surface area contributed by atoms with E-state index in [0.29, 0.717) is 5.57 Å². The van der Waals surface area contributed by atoms with Crippen molar-refractivity contribution < 1.29 is 9.59 Å². The summed E-state index contributed by atoms with van der Waals surface area (Å²) in [7, 11) is 0. The maximum Gasteiger partial charge on any atom is 0.171 e. The fourth-order valence-electron chi connectivity index (χ4n) is 2.31. The van der Waals surface area contributed by atoms with Gasteiger partial charge in [-0.05, 0) is 30.6 Å². The van der Waals surface area contributed by atoms with Crippen LogP contribution < -0.4 is 0 Å². The van der Waals surface area contributed by atoms with Gasteiger partial charge in [-0.15, -0.1) is 0 Å². The van der Waals surface area contributed by atoms with Crippen LogP contribution >= 0.6 is 23.5 Å². The predicted octanol–water partition coefficient (Wildman–Crippen LogP) is 3.89. The van der Waals surface area contributed by atoms with E-state index < -0.39 is 0 Å². The highest BCUT2D eigenvalue weighted by Gasteiger charge is 2.29. The van der Waals surface area contributed by atoms with Crippen LogP contribution in [-0.4, -0.2) is 11.6 Å². The van der Waals surface area contributed by atoms with Crippen molar-refractivity contribution in [1.29, 1.82) is 0 Å². The normalized spacial score (nSPS) is 20.6. The number of Topliss-reactive ketones (excluding diaryl/α,β-unsaturated/α-hetero) is 2. The fourth-order valence-corrected chi connectivity index (χ4v) is 4.28. The standard InChI is InChI=1S/C13H16O2S2/c1-9(14)11(13-16-7-8-17-13)12(15)10-5-3-2-4-6-10/h7-8,10H,2-6H2,1H3. The van der Waals surface area contributed by atoms with Gasteiger partial charge in [-0.1, -0.05) is 42.8 Å². The second-order valence-corrected chi connectivity index (χ2v) is 6.52. The quantitative estimate of drug-likeness (QED) is 0.442. The second kappa shape index (κ2) is 5.91. The third-order valence-corrected chi connectivity index (χ3v) is 5.31. The zero-order valence-electron chi connectivity index (χ0n) is 9.90. The van der Waals surface area contributed by atoms with E-state index in [1.165, 1.54) is 36.9 Å². The summed E-state index contributed by atoms with van der Waals surface area (Å²) in [6.45, 7) is 1.50. The molecule has 0 aromatic rings. The molecule has 17 heavy (non-hydrogen) atoms. The number of hydrogen-bond acceptors (Lipinski definition) is 4. The first-order chi connectivity index (χ1) is 8.20. The first-order valence-electron chi connectivity index (χ1n) is 5.98. The van der Waals surface area contributed by atoms with Gasteiger partial charge in [0.25, 0.3) is 0 Å². The first kappa shape index (κ1) is 13.0. The Kier molecular flexibility index (Phi) is 4.51. The predicted molar refractivity (Wildman–Crippen MR) is 73.6 cm³/mol. The molecule has 0 aromatic carbocycles. The lowest BCUT2D eigenvalue weighted by Crippen LogP contribution is -2.23. The topological polar surface area (TPSA) is 34.1 Å². The van der Waals surface area contributed by atoms with Gasteiger partial charge in [-0.25, -0.2) is 0 Å². The van der Waals surface area contributed by atoms with Crippen molar-refractivity contribution in [2.24, 2.45) is 5.92 Å². The molecule has 0 unspecified atom stereocenters. The van der Waals surface area contributed by atoms with Crippen LogP contribution in [0, 0.1) is 5.92 Å². The van der Waals surface area contributed by atoms with Gasteiger partial charge < -0.3 is 0 Å². The Morgan fingerprint density at radius 2 is 1.71 bits per heavy atom. The van der Waals surface area contributed by atoms with E-state index in [0.717, 1.165) is 29.9 Å². The van der Waals surface area contributed by atoms with Crippen LogP contribution in [0.15, 0.2) is 20.6 Å².